The van der Waals surface area contributed by atoms with Crippen LogP contribution in [0.2, 0.25) is 0 Å². The monoisotopic (exact) mass is 313 g/mol. The van der Waals surface area contributed by atoms with Gasteiger partial charge in [-0.15, -0.1) is 0 Å². The molecule has 0 saturated heterocycles. The molecule has 0 spiro atoms. The summed E-state index contributed by atoms with van der Waals surface area (Å²) in [7, 11) is 1.57. The zero-order valence-corrected chi connectivity index (χ0v) is 12.8. The Kier molecular flexibility index (Phi) is 4.06. The van der Waals surface area contributed by atoms with Crippen molar-refractivity contribution in [2.45, 2.75) is 16.3 Å². The van der Waals surface area contributed by atoms with Crippen molar-refractivity contribution in [2.24, 2.45) is 0 Å². The fourth-order valence-corrected chi connectivity index (χ4v) is 3.23. The van der Waals surface area contributed by atoms with Crippen LogP contribution in [0, 0.1) is 0 Å². The van der Waals surface area contributed by atoms with E-state index >= 15 is 0 Å². The first kappa shape index (κ1) is 14.5. The highest BCUT2D eigenvalue weighted by Gasteiger charge is 2.12. The van der Waals surface area contributed by atoms with Crippen LogP contribution in [0.3, 0.4) is 0 Å². The number of carboxylic acid groups (broad SMARTS) is 1. The lowest BCUT2D eigenvalue weighted by molar-refractivity contribution is 0.153. The van der Waals surface area contributed by atoms with Crippen molar-refractivity contribution in [3.8, 4) is 0 Å². The first-order valence-electron chi connectivity index (χ1n) is 6.81. The standard InChI is InChI=1S/C17H15NO3S/c1-18(17(19)20)10-12-6-2-5-9-15(12)22-16-11-21-14-8-4-3-7-13(14)16/h2-9,11H,10H2,1H3,(H,19,20). The maximum absolute atomic E-state index is 11.0. The molecule has 1 amide bonds. The van der Waals surface area contributed by atoms with E-state index in [-0.39, 0.29) is 0 Å². The summed E-state index contributed by atoms with van der Waals surface area (Å²) in [5.41, 5.74) is 1.83. The molecule has 112 valence electrons. The molecule has 1 heterocycles. The third kappa shape index (κ3) is 2.94. The zero-order chi connectivity index (χ0) is 15.5. The van der Waals surface area contributed by atoms with Crippen LogP contribution >= 0.6 is 11.8 Å². The van der Waals surface area contributed by atoms with Gasteiger partial charge in [-0.1, -0.05) is 42.1 Å². The van der Waals surface area contributed by atoms with Gasteiger partial charge in [-0.05, 0) is 23.8 Å². The molecule has 0 fully saturated rings. The van der Waals surface area contributed by atoms with E-state index in [0.29, 0.717) is 6.54 Å². The minimum Gasteiger partial charge on any atom is -0.465 e. The van der Waals surface area contributed by atoms with E-state index in [1.165, 1.54) is 4.90 Å². The van der Waals surface area contributed by atoms with Gasteiger partial charge >= 0.3 is 6.09 Å². The van der Waals surface area contributed by atoms with Crippen molar-refractivity contribution in [3.63, 3.8) is 0 Å². The molecule has 22 heavy (non-hydrogen) atoms. The zero-order valence-electron chi connectivity index (χ0n) is 12.0. The highest BCUT2D eigenvalue weighted by molar-refractivity contribution is 7.99. The summed E-state index contributed by atoms with van der Waals surface area (Å²) in [5, 5.41) is 10.1. The SMILES string of the molecule is CN(Cc1ccccc1Sc1coc2ccccc12)C(=O)O. The number of benzene rings is 2. The number of hydrogen-bond acceptors (Lipinski definition) is 3. The Morgan fingerprint density at radius 3 is 2.68 bits per heavy atom. The van der Waals surface area contributed by atoms with Crippen LogP contribution in [0.25, 0.3) is 11.0 Å². The molecule has 0 aliphatic heterocycles. The van der Waals surface area contributed by atoms with E-state index in [4.69, 9.17) is 9.52 Å². The topological polar surface area (TPSA) is 53.7 Å². The molecule has 2 aromatic carbocycles. The van der Waals surface area contributed by atoms with Gasteiger partial charge < -0.3 is 14.4 Å². The Hall–Kier alpha value is -2.40. The highest BCUT2D eigenvalue weighted by atomic mass is 32.2. The predicted molar refractivity (Wildman–Crippen MR) is 86.3 cm³/mol. The van der Waals surface area contributed by atoms with Gasteiger partial charge in [0.1, 0.15) is 11.8 Å². The average molecular weight is 313 g/mol. The minimum atomic E-state index is -0.937. The molecule has 0 unspecified atom stereocenters. The van der Waals surface area contributed by atoms with Gasteiger partial charge in [0.2, 0.25) is 0 Å². The van der Waals surface area contributed by atoms with E-state index < -0.39 is 6.09 Å². The quantitative estimate of drug-likeness (QED) is 0.759. The van der Waals surface area contributed by atoms with Crippen molar-refractivity contribution in [1.82, 2.24) is 4.90 Å². The fourth-order valence-electron chi connectivity index (χ4n) is 2.21. The van der Waals surface area contributed by atoms with E-state index in [1.807, 2.05) is 48.5 Å². The molecule has 3 aromatic rings. The number of furan rings is 1. The fraction of sp³-hybridized carbons (Fsp3) is 0.118. The molecule has 3 rings (SSSR count). The Morgan fingerprint density at radius 2 is 1.86 bits per heavy atom. The number of hydrogen-bond donors (Lipinski definition) is 1. The van der Waals surface area contributed by atoms with Crippen molar-refractivity contribution in [1.29, 1.82) is 0 Å². The summed E-state index contributed by atoms with van der Waals surface area (Å²) in [6, 6.07) is 15.7. The molecular weight excluding hydrogens is 298 g/mol. The summed E-state index contributed by atoms with van der Waals surface area (Å²) in [6.07, 6.45) is 0.807. The minimum absolute atomic E-state index is 0.355. The third-order valence-corrected chi connectivity index (χ3v) is 4.53. The van der Waals surface area contributed by atoms with Gasteiger partial charge in [0, 0.05) is 23.9 Å². The Labute approximate surface area is 132 Å². The Balaban J connectivity index is 1.91. The van der Waals surface area contributed by atoms with Crippen molar-refractivity contribution in [3.05, 3.63) is 60.4 Å². The molecule has 0 radical (unpaired) electrons. The van der Waals surface area contributed by atoms with Gasteiger partial charge in [0.05, 0.1) is 4.90 Å². The van der Waals surface area contributed by atoms with Gasteiger partial charge in [0.25, 0.3) is 0 Å². The summed E-state index contributed by atoms with van der Waals surface area (Å²) < 4.78 is 5.56. The van der Waals surface area contributed by atoms with Gasteiger partial charge in [-0.2, -0.15) is 0 Å². The summed E-state index contributed by atoms with van der Waals surface area (Å²) in [5.74, 6) is 0. The smallest absolute Gasteiger partial charge is 0.407 e. The van der Waals surface area contributed by atoms with Crippen molar-refractivity contribution < 1.29 is 14.3 Å². The molecule has 0 bridgehead atoms. The molecular formula is C17H15NO3S. The van der Waals surface area contributed by atoms with Crippen LogP contribution < -0.4 is 0 Å². The summed E-state index contributed by atoms with van der Waals surface area (Å²) in [4.78, 5) is 14.3. The lowest BCUT2D eigenvalue weighted by atomic mass is 10.2. The number of amides is 1. The van der Waals surface area contributed by atoms with Gasteiger partial charge in [-0.3, -0.25) is 0 Å². The molecule has 4 nitrogen and oxygen atoms in total. The second-order valence-corrected chi connectivity index (χ2v) is 6.03. The Morgan fingerprint density at radius 1 is 1.14 bits per heavy atom. The largest absolute Gasteiger partial charge is 0.465 e. The second kappa shape index (κ2) is 6.15. The third-order valence-electron chi connectivity index (χ3n) is 3.37. The van der Waals surface area contributed by atoms with E-state index in [2.05, 4.69) is 0 Å². The molecule has 0 aliphatic carbocycles. The van der Waals surface area contributed by atoms with E-state index in [9.17, 15) is 4.79 Å². The lowest BCUT2D eigenvalue weighted by Gasteiger charge is -2.15. The van der Waals surface area contributed by atoms with Gasteiger partial charge in [0.15, 0.2) is 0 Å². The second-order valence-electron chi connectivity index (χ2n) is 4.94. The number of carbonyl (C=O) groups is 1. The van der Waals surface area contributed by atoms with Crippen LogP contribution in [0.5, 0.6) is 0 Å². The first-order valence-corrected chi connectivity index (χ1v) is 7.63. The number of rotatable bonds is 4. The van der Waals surface area contributed by atoms with Crippen molar-refractivity contribution in [2.75, 3.05) is 7.05 Å². The van der Waals surface area contributed by atoms with Crippen LogP contribution in [0.4, 0.5) is 4.79 Å². The number of nitrogens with zero attached hydrogens (tertiary/aromatic N) is 1. The van der Waals surface area contributed by atoms with E-state index in [1.54, 1.807) is 25.1 Å². The molecule has 0 aliphatic rings. The molecule has 5 heteroatoms. The predicted octanol–water partition coefficient (Wildman–Crippen LogP) is 4.69. The number of para-hydroxylation sites is 1. The normalized spacial score (nSPS) is 10.8. The summed E-state index contributed by atoms with van der Waals surface area (Å²) >= 11 is 1.59. The lowest BCUT2D eigenvalue weighted by Crippen LogP contribution is -2.24. The van der Waals surface area contributed by atoms with Gasteiger partial charge in [-0.25, -0.2) is 4.79 Å². The van der Waals surface area contributed by atoms with Crippen LogP contribution in [0.1, 0.15) is 5.56 Å². The maximum atomic E-state index is 11.0. The van der Waals surface area contributed by atoms with Crippen LogP contribution in [0.15, 0.2) is 69.0 Å². The summed E-state index contributed by atoms with van der Waals surface area (Å²) in [6.45, 7) is 0.355. The van der Waals surface area contributed by atoms with Crippen LogP contribution in [-0.4, -0.2) is 23.1 Å². The van der Waals surface area contributed by atoms with Crippen molar-refractivity contribution >= 4 is 28.8 Å². The molecule has 1 N–H and O–H groups in total. The molecule has 0 atom stereocenters. The maximum Gasteiger partial charge on any atom is 0.407 e. The van der Waals surface area contributed by atoms with E-state index in [0.717, 1.165) is 26.3 Å². The molecule has 0 saturated carbocycles. The average Bonchev–Trinajstić information content (AvgIpc) is 2.92. The first-order chi connectivity index (χ1) is 10.6. The highest BCUT2D eigenvalue weighted by Crippen LogP contribution is 2.36. The Bertz CT molecular complexity index is 812. The van der Waals surface area contributed by atoms with Crippen LogP contribution in [-0.2, 0) is 6.54 Å². The number of fused-ring (bicyclic) bond motifs is 1. The molecule has 1 aromatic heterocycles.